The summed E-state index contributed by atoms with van der Waals surface area (Å²) in [7, 11) is 0. The summed E-state index contributed by atoms with van der Waals surface area (Å²) in [6, 6.07) is 0.581. The summed E-state index contributed by atoms with van der Waals surface area (Å²) < 4.78 is 0. The lowest BCUT2D eigenvalue weighted by Gasteiger charge is -2.06. The van der Waals surface area contributed by atoms with E-state index in [0.717, 1.165) is 19.4 Å². The zero-order chi connectivity index (χ0) is 10.1. The maximum Gasteiger partial charge on any atom is 0.132 e. The number of Topliss-reactive ketones (excluding diaryl/α,β-unsaturated/α-hetero) is 1. The highest BCUT2D eigenvalue weighted by molar-refractivity contribution is 5.77. The molecule has 1 N–H and O–H groups in total. The van der Waals surface area contributed by atoms with Crippen LogP contribution in [0.4, 0.5) is 0 Å². The minimum atomic E-state index is 0. The first kappa shape index (κ1) is 12.6. The second-order valence-electron chi connectivity index (χ2n) is 3.81. The average Bonchev–Trinajstić information content (AvgIpc) is 2.10. The summed E-state index contributed by atoms with van der Waals surface area (Å²) in [5, 5.41) is 3.36. The molecular weight excluding hydrogens is 162 g/mol. The van der Waals surface area contributed by atoms with Gasteiger partial charge in [0.05, 0.1) is 0 Å². The Balaban J connectivity index is 0. The van der Waals surface area contributed by atoms with E-state index >= 15 is 0 Å². The monoisotopic (exact) mass is 187 g/mol. The largest absolute Gasteiger partial charge is 0.315 e. The lowest BCUT2D eigenvalue weighted by Crippen LogP contribution is -2.23. The second kappa shape index (κ2) is 8.24. The van der Waals surface area contributed by atoms with Crippen molar-refractivity contribution in [3.05, 3.63) is 0 Å². The van der Waals surface area contributed by atoms with Gasteiger partial charge in [0, 0.05) is 20.3 Å². The molecule has 0 amide bonds. The highest BCUT2D eigenvalue weighted by Gasteiger charge is 1.97. The van der Waals surface area contributed by atoms with Crippen LogP contribution in [-0.2, 0) is 4.79 Å². The molecule has 0 unspecified atom stereocenters. The highest BCUT2D eigenvalue weighted by atomic mass is 16.1. The van der Waals surface area contributed by atoms with E-state index in [1.54, 1.807) is 0 Å². The van der Waals surface area contributed by atoms with Gasteiger partial charge in [-0.25, -0.2) is 0 Å². The number of hydrogen-bond donors (Lipinski definition) is 1. The molecule has 0 aromatic rings. The van der Waals surface area contributed by atoms with E-state index < -0.39 is 0 Å². The van der Waals surface area contributed by atoms with Gasteiger partial charge in [0.25, 0.3) is 0 Å². The fraction of sp³-hybridized carbons (Fsp3) is 0.909. The number of unbranched alkanes of at least 4 members (excludes halogenated alkanes) is 2. The molecule has 0 aliphatic rings. The standard InChI is InChI=1S/C11H23NO.H2/c1-4-11(13)8-6-5-7-9-12-10(2)3;/h10,12H,4-9H2,1-3H3;1H. The van der Waals surface area contributed by atoms with Crippen molar-refractivity contribution in [2.45, 2.75) is 58.9 Å². The number of carbonyl (C=O) groups is 1. The smallest absolute Gasteiger partial charge is 0.132 e. The first-order valence-electron chi connectivity index (χ1n) is 5.42. The summed E-state index contributed by atoms with van der Waals surface area (Å²) >= 11 is 0. The molecule has 2 heteroatoms. The lowest BCUT2D eigenvalue weighted by molar-refractivity contribution is -0.118. The lowest BCUT2D eigenvalue weighted by atomic mass is 10.1. The van der Waals surface area contributed by atoms with Gasteiger partial charge in [0.2, 0.25) is 0 Å². The van der Waals surface area contributed by atoms with Gasteiger partial charge < -0.3 is 5.32 Å². The van der Waals surface area contributed by atoms with Crippen LogP contribution in [0.3, 0.4) is 0 Å². The Kier molecular flexibility index (Phi) is 8.00. The maximum absolute atomic E-state index is 10.9. The van der Waals surface area contributed by atoms with Crippen LogP contribution >= 0.6 is 0 Å². The van der Waals surface area contributed by atoms with Crippen molar-refractivity contribution in [1.29, 1.82) is 0 Å². The fourth-order valence-corrected chi connectivity index (χ4v) is 1.19. The predicted octanol–water partition coefficient (Wildman–Crippen LogP) is 2.77. The molecule has 13 heavy (non-hydrogen) atoms. The van der Waals surface area contributed by atoms with Crippen LogP contribution in [0.25, 0.3) is 0 Å². The summed E-state index contributed by atoms with van der Waals surface area (Å²) in [4.78, 5) is 10.9. The number of carbonyl (C=O) groups excluding carboxylic acids is 1. The Morgan fingerprint density at radius 3 is 2.54 bits per heavy atom. The molecule has 0 aliphatic heterocycles. The highest BCUT2D eigenvalue weighted by Crippen LogP contribution is 2.01. The van der Waals surface area contributed by atoms with E-state index in [2.05, 4.69) is 19.2 Å². The zero-order valence-electron chi connectivity index (χ0n) is 9.23. The van der Waals surface area contributed by atoms with Crippen molar-refractivity contribution in [2.24, 2.45) is 0 Å². The Morgan fingerprint density at radius 2 is 2.00 bits per heavy atom. The molecule has 0 aromatic carbocycles. The molecule has 0 heterocycles. The van der Waals surface area contributed by atoms with E-state index in [4.69, 9.17) is 0 Å². The van der Waals surface area contributed by atoms with E-state index in [0.29, 0.717) is 18.2 Å². The molecule has 2 nitrogen and oxygen atoms in total. The molecule has 0 aromatic heterocycles. The van der Waals surface area contributed by atoms with Gasteiger partial charge in [-0.15, -0.1) is 0 Å². The van der Waals surface area contributed by atoms with Gasteiger partial charge in [-0.05, 0) is 19.4 Å². The van der Waals surface area contributed by atoms with Crippen molar-refractivity contribution < 1.29 is 6.22 Å². The summed E-state index contributed by atoms with van der Waals surface area (Å²) in [6.07, 6.45) is 4.90. The van der Waals surface area contributed by atoms with Crippen LogP contribution in [0.2, 0.25) is 0 Å². The van der Waals surface area contributed by atoms with Gasteiger partial charge in [-0.1, -0.05) is 27.2 Å². The van der Waals surface area contributed by atoms with Crippen LogP contribution in [0.5, 0.6) is 0 Å². The SMILES string of the molecule is CCC(=O)CCCCCNC(C)C.[HH]. The molecule has 0 bridgehead atoms. The quantitative estimate of drug-likeness (QED) is 0.592. The Morgan fingerprint density at radius 1 is 1.31 bits per heavy atom. The van der Waals surface area contributed by atoms with Gasteiger partial charge in [0.15, 0.2) is 0 Å². The second-order valence-corrected chi connectivity index (χ2v) is 3.81. The van der Waals surface area contributed by atoms with Gasteiger partial charge in [-0.2, -0.15) is 0 Å². The topological polar surface area (TPSA) is 29.1 Å². The van der Waals surface area contributed by atoms with Crippen molar-refractivity contribution in [2.75, 3.05) is 6.54 Å². The average molecular weight is 187 g/mol. The van der Waals surface area contributed by atoms with Crippen LogP contribution in [0, 0.1) is 0 Å². The fourth-order valence-electron chi connectivity index (χ4n) is 1.19. The van der Waals surface area contributed by atoms with Crippen molar-refractivity contribution in [3.8, 4) is 0 Å². The third-order valence-corrected chi connectivity index (χ3v) is 2.08. The van der Waals surface area contributed by atoms with Crippen molar-refractivity contribution in [3.63, 3.8) is 0 Å². The first-order valence-corrected chi connectivity index (χ1v) is 5.42. The normalized spacial score (nSPS) is 10.8. The van der Waals surface area contributed by atoms with E-state index in [1.807, 2.05) is 6.92 Å². The molecular formula is C11H25NO. The van der Waals surface area contributed by atoms with E-state index in [1.165, 1.54) is 12.8 Å². The summed E-state index contributed by atoms with van der Waals surface area (Å²) in [5.74, 6) is 0.400. The van der Waals surface area contributed by atoms with Gasteiger partial charge >= 0.3 is 0 Å². The van der Waals surface area contributed by atoms with Crippen LogP contribution in [0.1, 0.15) is 54.3 Å². The minimum Gasteiger partial charge on any atom is -0.315 e. The van der Waals surface area contributed by atoms with Crippen molar-refractivity contribution in [1.82, 2.24) is 5.32 Å². The molecule has 80 valence electrons. The van der Waals surface area contributed by atoms with Gasteiger partial charge in [0.1, 0.15) is 5.78 Å². The predicted molar refractivity (Wildman–Crippen MR) is 59.0 cm³/mol. The molecule has 0 atom stereocenters. The van der Waals surface area contributed by atoms with Crippen LogP contribution in [0.15, 0.2) is 0 Å². The molecule has 0 radical (unpaired) electrons. The summed E-state index contributed by atoms with van der Waals surface area (Å²) in [5.41, 5.74) is 0. The molecule has 0 saturated carbocycles. The Hall–Kier alpha value is -0.370. The molecule has 0 aliphatic carbocycles. The summed E-state index contributed by atoms with van der Waals surface area (Å²) in [6.45, 7) is 7.32. The molecule has 0 spiro atoms. The van der Waals surface area contributed by atoms with Crippen LogP contribution in [-0.4, -0.2) is 18.4 Å². The first-order chi connectivity index (χ1) is 6.16. The molecule has 0 saturated heterocycles. The Labute approximate surface area is 83.6 Å². The minimum absolute atomic E-state index is 0. The van der Waals surface area contributed by atoms with Crippen molar-refractivity contribution >= 4 is 5.78 Å². The number of hydrogen-bond acceptors (Lipinski definition) is 2. The number of ketones is 1. The number of nitrogens with one attached hydrogen (secondary N) is 1. The Bertz CT molecular complexity index is 137. The van der Waals surface area contributed by atoms with Crippen LogP contribution < -0.4 is 5.32 Å². The van der Waals surface area contributed by atoms with E-state index in [-0.39, 0.29) is 1.43 Å². The van der Waals surface area contributed by atoms with E-state index in [9.17, 15) is 4.79 Å². The third kappa shape index (κ3) is 9.54. The van der Waals surface area contributed by atoms with Gasteiger partial charge in [-0.3, -0.25) is 4.79 Å². The zero-order valence-corrected chi connectivity index (χ0v) is 9.23. The third-order valence-electron chi connectivity index (χ3n) is 2.08. The number of rotatable bonds is 8. The molecule has 0 fully saturated rings. The maximum atomic E-state index is 10.9. The molecule has 0 rings (SSSR count).